The highest BCUT2D eigenvalue weighted by Gasteiger charge is 2.40. The first-order valence-corrected chi connectivity index (χ1v) is 12.3. The molecule has 0 aliphatic carbocycles. The molecule has 1 unspecified atom stereocenters. The Labute approximate surface area is 223 Å². The van der Waals surface area contributed by atoms with E-state index in [4.69, 9.17) is 0 Å². The molecule has 39 heavy (non-hydrogen) atoms. The minimum absolute atomic E-state index is 0.0108. The van der Waals surface area contributed by atoms with Crippen LogP contribution in [0, 0.1) is 0 Å². The van der Waals surface area contributed by atoms with Crippen LogP contribution in [-0.4, -0.2) is 68.6 Å². The van der Waals surface area contributed by atoms with Crippen molar-refractivity contribution in [3.63, 3.8) is 0 Å². The monoisotopic (exact) mass is 536 g/mol. The predicted octanol–water partition coefficient (Wildman–Crippen LogP) is 0.366. The van der Waals surface area contributed by atoms with E-state index in [-0.39, 0.29) is 25.2 Å². The number of nitrogens with zero attached hydrogens (tertiary/aromatic N) is 4. The van der Waals surface area contributed by atoms with Gasteiger partial charge in [0.25, 0.3) is 0 Å². The fourth-order valence-electron chi connectivity index (χ4n) is 4.34. The van der Waals surface area contributed by atoms with E-state index in [9.17, 15) is 23.6 Å². The van der Waals surface area contributed by atoms with E-state index in [1.165, 1.54) is 18.7 Å². The molecule has 12 nitrogen and oxygen atoms in total. The van der Waals surface area contributed by atoms with Crippen molar-refractivity contribution in [3.05, 3.63) is 71.5 Å². The Bertz CT molecular complexity index is 1330. The Morgan fingerprint density at radius 3 is 2.49 bits per heavy atom. The van der Waals surface area contributed by atoms with Gasteiger partial charge >= 0.3 is 0 Å². The van der Waals surface area contributed by atoms with Gasteiger partial charge in [0.2, 0.25) is 23.6 Å². The summed E-state index contributed by atoms with van der Waals surface area (Å²) in [6.07, 6.45) is 0.231. The summed E-state index contributed by atoms with van der Waals surface area (Å²) in [5.74, 6) is -2.13. The van der Waals surface area contributed by atoms with Gasteiger partial charge in [-0.25, -0.2) is 4.39 Å². The van der Waals surface area contributed by atoms with Gasteiger partial charge in [-0.05, 0) is 31.0 Å². The molecule has 0 fully saturated rings. The van der Waals surface area contributed by atoms with Gasteiger partial charge in [0.15, 0.2) is 5.82 Å². The molecule has 4 amide bonds. The first-order valence-electron chi connectivity index (χ1n) is 12.3. The lowest BCUT2D eigenvalue weighted by Gasteiger charge is -2.28. The highest BCUT2D eigenvalue weighted by Crippen LogP contribution is 2.32. The van der Waals surface area contributed by atoms with E-state index in [0.29, 0.717) is 11.3 Å². The molecule has 1 aliphatic heterocycles. The van der Waals surface area contributed by atoms with Crippen LogP contribution in [-0.2, 0) is 38.6 Å². The highest BCUT2D eigenvalue weighted by molar-refractivity contribution is 6.05. The number of halogens is 1. The maximum atomic E-state index is 15.0. The van der Waals surface area contributed by atoms with E-state index < -0.39 is 47.9 Å². The molecule has 1 aromatic heterocycles. The first kappa shape index (κ1) is 27.4. The number of tetrazole rings is 1. The van der Waals surface area contributed by atoms with Crippen molar-refractivity contribution in [1.82, 2.24) is 36.6 Å². The number of aromatic amines is 1. The molecule has 0 spiro atoms. The Hall–Kier alpha value is -4.68. The van der Waals surface area contributed by atoms with Crippen molar-refractivity contribution >= 4 is 29.3 Å². The van der Waals surface area contributed by atoms with E-state index in [0.717, 1.165) is 5.56 Å². The van der Waals surface area contributed by atoms with E-state index in [2.05, 4.69) is 36.6 Å². The van der Waals surface area contributed by atoms with Gasteiger partial charge in [0, 0.05) is 12.1 Å². The summed E-state index contributed by atoms with van der Waals surface area (Å²) < 4.78 is 15.0. The number of fused-ring (bicyclic) bond motifs is 1. The summed E-state index contributed by atoms with van der Waals surface area (Å²) in [5.41, 5.74) is -0.0858. The molecule has 0 radical (unpaired) electrons. The first-order chi connectivity index (χ1) is 18.6. The summed E-state index contributed by atoms with van der Waals surface area (Å²) in [6, 6.07) is 13.5. The molecular formula is C26H29FN8O4. The summed E-state index contributed by atoms with van der Waals surface area (Å²) >= 11 is 0. The van der Waals surface area contributed by atoms with E-state index in [1.54, 1.807) is 48.5 Å². The quantitative estimate of drug-likeness (QED) is 0.291. The van der Waals surface area contributed by atoms with Gasteiger partial charge in [0.1, 0.15) is 17.8 Å². The van der Waals surface area contributed by atoms with Gasteiger partial charge in [-0.2, -0.15) is 5.21 Å². The molecule has 0 saturated carbocycles. The number of rotatable bonds is 10. The summed E-state index contributed by atoms with van der Waals surface area (Å²) in [4.78, 5) is 53.1. The second-order valence-electron chi connectivity index (χ2n) is 9.60. The molecule has 1 aliphatic rings. The van der Waals surface area contributed by atoms with Gasteiger partial charge in [-0.1, -0.05) is 53.7 Å². The van der Waals surface area contributed by atoms with Crippen LogP contribution >= 0.6 is 0 Å². The number of H-pyrrole nitrogens is 1. The summed E-state index contributed by atoms with van der Waals surface area (Å²) in [6.45, 7) is 1.84. The van der Waals surface area contributed by atoms with E-state index >= 15 is 0 Å². The number of alkyl halides is 1. The zero-order valence-electron chi connectivity index (χ0n) is 21.5. The van der Waals surface area contributed by atoms with E-state index in [1.807, 2.05) is 6.07 Å². The molecular weight excluding hydrogens is 507 g/mol. The van der Waals surface area contributed by atoms with Gasteiger partial charge in [0.05, 0.1) is 19.5 Å². The van der Waals surface area contributed by atoms with Crippen LogP contribution in [0.3, 0.4) is 0 Å². The Kier molecular flexibility index (Phi) is 8.27. The maximum Gasteiger partial charge on any atom is 0.247 e. The van der Waals surface area contributed by atoms with Crippen LogP contribution in [0.25, 0.3) is 0 Å². The van der Waals surface area contributed by atoms with Gasteiger partial charge < -0.3 is 16.0 Å². The lowest BCUT2D eigenvalue weighted by Crippen LogP contribution is -2.58. The zero-order chi connectivity index (χ0) is 28.0. The fourth-order valence-corrected chi connectivity index (χ4v) is 4.34. The number of aromatic nitrogens is 4. The number of hydrogen-bond donors (Lipinski definition) is 4. The largest absolute Gasteiger partial charge is 0.347 e. The third-order valence-corrected chi connectivity index (χ3v) is 6.23. The van der Waals surface area contributed by atoms with Crippen molar-refractivity contribution in [2.24, 2.45) is 0 Å². The molecule has 13 heteroatoms. The molecule has 2 atom stereocenters. The molecule has 0 bridgehead atoms. The van der Waals surface area contributed by atoms with Crippen molar-refractivity contribution in [2.45, 2.75) is 51.0 Å². The standard InChI is InChI=1S/C26H29FN8O4/c1-26(2,27)23(30-21(36)12-16-8-4-3-5-9-16)25(39)29-15-22(37)35-18-11-7-6-10-17(18)13-19(35)24(38)28-14-20-31-33-34-32-20/h3-11,19,23H,12-15H2,1-2H3,(H,28,38)(H,29,39)(H,30,36)(H,31,32,33,34)/t19-,23?/m0/s1. The van der Waals surface area contributed by atoms with Crippen LogP contribution in [0.15, 0.2) is 54.6 Å². The van der Waals surface area contributed by atoms with Crippen LogP contribution in [0.2, 0.25) is 0 Å². The second kappa shape index (κ2) is 11.8. The molecule has 3 aromatic rings. The van der Waals surface area contributed by atoms with Crippen LogP contribution in [0.1, 0.15) is 30.8 Å². The Morgan fingerprint density at radius 1 is 1.08 bits per heavy atom. The normalized spacial score (nSPS) is 15.3. The van der Waals surface area contributed by atoms with Gasteiger partial charge in [-0.3, -0.25) is 24.1 Å². The maximum absolute atomic E-state index is 15.0. The average molecular weight is 537 g/mol. The number of para-hydroxylation sites is 1. The molecule has 2 aromatic carbocycles. The topological polar surface area (TPSA) is 162 Å². The lowest BCUT2D eigenvalue weighted by atomic mass is 9.99. The Balaban J connectivity index is 1.41. The minimum Gasteiger partial charge on any atom is -0.347 e. The molecule has 0 saturated heterocycles. The summed E-state index contributed by atoms with van der Waals surface area (Å²) in [7, 11) is 0. The lowest BCUT2D eigenvalue weighted by molar-refractivity contribution is -0.133. The third-order valence-electron chi connectivity index (χ3n) is 6.23. The fraction of sp³-hybridized carbons (Fsp3) is 0.346. The average Bonchev–Trinajstić information content (AvgIpc) is 3.57. The molecule has 204 valence electrons. The number of carbonyl (C=O) groups is 4. The molecule has 4 rings (SSSR count). The molecule has 2 heterocycles. The number of carbonyl (C=O) groups excluding carboxylic acids is 4. The predicted molar refractivity (Wildman–Crippen MR) is 138 cm³/mol. The zero-order valence-corrected chi connectivity index (χ0v) is 21.5. The van der Waals surface area contributed by atoms with Crippen molar-refractivity contribution in [1.29, 1.82) is 0 Å². The van der Waals surface area contributed by atoms with Crippen molar-refractivity contribution in [3.8, 4) is 0 Å². The highest BCUT2D eigenvalue weighted by atomic mass is 19.1. The number of hydrogen-bond acceptors (Lipinski definition) is 7. The smallest absolute Gasteiger partial charge is 0.247 e. The van der Waals surface area contributed by atoms with Crippen molar-refractivity contribution in [2.75, 3.05) is 11.4 Å². The number of nitrogens with one attached hydrogen (secondary N) is 4. The Morgan fingerprint density at radius 2 is 1.79 bits per heavy atom. The summed E-state index contributed by atoms with van der Waals surface area (Å²) in [5, 5.41) is 20.9. The minimum atomic E-state index is -2.11. The second-order valence-corrected chi connectivity index (χ2v) is 9.60. The van der Waals surface area contributed by atoms with Crippen LogP contribution in [0.5, 0.6) is 0 Å². The SMILES string of the molecule is CC(C)(F)C(NC(=O)Cc1ccccc1)C(=O)NCC(=O)N1c2ccccc2C[C@H]1C(=O)NCc1nn[nH]n1. The number of anilines is 1. The third kappa shape index (κ3) is 6.80. The van der Waals surface area contributed by atoms with Crippen LogP contribution in [0.4, 0.5) is 10.1 Å². The molecule has 4 N–H and O–H groups in total. The van der Waals surface area contributed by atoms with Crippen LogP contribution < -0.4 is 20.9 Å². The van der Waals surface area contributed by atoms with Crippen molar-refractivity contribution < 1.29 is 23.6 Å². The number of amides is 4. The van der Waals surface area contributed by atoms with Gasteiger partial charge in [-0.15, -0.1) is 10.2 Å². The number of benzene rings is 2.